The number of aliphatic hydroxyl groups excluding tert-OH is 2. The Morgan fingerprint density at radius 3 is 1.44 bits per heavy atom. The topological polar surface area (TPSA) is 95.9 Å². The van der Waals surface area contributed by atoms with E-state index in [2.05, 4.69) is 56.5 Å². The van der Waals surface area contributed by atoms with E-state index in [1.807, 2.05) is 6.08 Å². The van der Waals surface area contributed by atoms with Crippen molar-refractivity contribution in [3.8, 4) is 0 Å². The van der Waals surface area contributed by atoms with E-state index in [4.69, 9.17) is 4.74 Å². The van der Waals surface area contributed by atoms with Crippen molar-refractivity contribution >= 4 is 11.9 Å². The SMILES string of the molecule is CCCCCCCC/C=C\C/C=C/CCC(=O)OC(CCC/C=C\CCCCCCCCC)CC(=O)NC(CO)C(O)CCCCCCCCCCCCC. The molecule has 0 aromatic heterocycles. The van der Waals surface area contributed by atoms with Gasteiger partial charge in [0.15, 0.2) is 0 Å². The van der Waals surface area contributed by atoms with E-state index in [0.717, 1.165) is 51.4 Å². The van der Waals surface area contributed by atoms with Gasteiger partial charge in [0, 0.05) is 6.42 Å². The second-order valence-corrected chi connectivity index (χ2v) is 16.2. The lowest BCUT2D eigenvalue weighted by Crippen LogP contribution is -2.46. The molecule has 3 atom stereocenters. The minimum absolute atomic E-state index is 0.0361. The minimum Gasteiger partial charge on any atom is -0.462 e. The molecule has 3 N–H and O–H groups in total. The van der Waals surface area contributed by atoms with E-state index < -0.39 is 18.2 Å². The van der Waals surface area contributed by atoms with Crippen LogP contribution >= 0.6 is 0 Å². The molecule has 0 fully saturated rings. The lowest BCUT2D eigenvalue weighted by molar-refractivity contribution is -0.150. The standard InChI is InChI=1S/C49H91NO5/c1-4-7-10-13-16-19-22-24-27-30-33-36-39-42-49(54)55-45(40-37-34-31-28-26-23-20-17-14-11-8-5-2)43-48(53)50-46(44-51)47(52)41-38-35-32-29-25-21-18-15-12-9-6-3/h24,27-28,31,33,36,45-47,51-52H,4-23,25-26,29-30,32,34-35,37-44H2,1-3H3,(H,50,53)/b27-24-,31-28-,36-33+. The van der Waals surface area contributed by atoms with Gasteiger partial charge in [-0.1, -0.05) is 198 Å². The average Bonchev–Trinajstić information content (AvgIpc) is 3.18. The number of carbonyl (C=O) groups is 2. The van der Waals surface area contributed by atoms with Crippen molar-refractivity contribution in [1.29, 1.82) is 0 Å². The molecular weight excluding hydrogens is 683 g/mol. The molecule has 322 valence electrons. The first-order valence-electron chi connectivity index (χ1n) is 23.7. The van der Waals surface area contributed by atoms with Crippen LogP contribution in [0.15, 0.2) is 36.5 Å². The van der Waals surface area contributed by atoms with Crippen LogP contribution in [0.25, 0.3) is 0 Å². The van der Waals surface area contributed by atoms with Crippen LogP contribution in [0.5, 0.6) is 0 Å². The van der Waals surface area contributed by atoms with Crippen molar-refractivity contribution in [1.82, 2.24) is 5.32 Å². The van der Waals surface area contributed by atoms with Crippen LogP contribution in [-0.4, -0.2) is 46.9 Å². The van der Waals surface area contributed by atoms with Gasteiger partial charge in [-0.2, -0.15) is 0 Å². The number of amides is 1. The summed E-state index contributed by atoms with van der Waals surface area (Å²) in [4.78, 5) is 25.9. The van der Waals surface area contributed by atoms with Crippen LogP contribution in [0.1, 0.15) is 239 Å². The first-order chi connectivity index (χ1) is 27.0. The summed E-state index contributed by atoms with van der Waals surface area (Å²) in [6, 6.07) is -0.716. The Balaban J connectivity index is 4.69. The van der Waals surface area contributed by atoms with Crippen molar-refractivity contribution < 1.29 is 24.5 Å². The molecule has 0 saturated heterocycles. The summed E-state index contributed by atoms with van der Waals surface area (Å²) in [5, 5.41) is 23.6. The molecule has 0 saturated carbocycles. The number of rotatable bonds is 42. The molecule has 0 aliphatic carbocycles. The third-order valence-electron chi connectivity index (χ3n) is 10.7. The van der Waals surface area contributed by atoms with E-state index in [9.17, 15) is 19.8 Å². The van der Waals surface area contributed by atoms with Crippen molar-refractivity contribution in [2.75, 3.05) is 6.61 Å². The summed E-state index contributed by atoms with van der Waals surface area (Å²) in [5.41, 5.74) is 0. The summed E-state index contributed by atoms with van der Waals surface area (Å²) in [6.07, 6.45) is 49.3. The van der Waals surface area contributed by atoms with Crippen LogP contribution in [0.2, 0.25) is 0 Å². The minimum atomic E-state index is -0.799. The lowest BCUT2D eigenvalue weighted by atomic mass is 10.0. The Hall–Kier alpha value is -1.92. The van der Waals surface area contributed by atoms with Gasteiger partial charge in [0.1, 0.15) is 6.10 Å². The van der Waals surface area contributed by atoms with E-state index in [-0.39, 0.29) is 31.3 Å². The highest BCUT2D eigenvalue weighted by molar-refractivity contribution is 5.77. The number of carbonyl (C=O) groups excluding carboxylic acids is 2. The number of allylic oxidation sites excluding steroid dienone is 6. The molecule has 55 heavy (non-hydrogen) atoms. The van der Waals surface area contributed by atoms with Crippen molar-refractivity contribution in [3.05, 3.63) is 36.5 Å². The molecule has 6 nitrogen and oxygen atoms in total. The predicted octanol–water partition coefficient (Wildman–Crippen LogP) is 13.7. The Morgan fingerprint density at radius 2 is 0.945 bits per heavy atom. The van der Waals surface area contributed by atoms with Gasteiger partial charge in [0.05, 0.1) is 25.2 Å². The monoisotopic (exact) mass is 774 g/mol. The maximum atomic E-state index is 13.1. The Morgan fingerprint density at radius 1 is 0.527 bits per heavy atom. The fourth-order valence-electron chi connectivity index (χ4n) is 7.07. The average molecular weight is 774 g/mol. The molecule has 6 heteroatoms. The van der Waals surface area contributed by atoms with Crippen LogP contribution in [0.3, 0.4) is 0 Å². The maximum absolute atomic E-state index is 13.1. The number of hydrogen-bond acceptors (Lipinski definition) is 5. The summed E-state index contributed by atoms with van der Waals surface area (Å²) >= 11 is 0. The summed E-state index contributed by atoms with van der Waals surface area (Å²) in [6.45, 7) is 6.43. The molecule has 0 spiro atoms. The number of nitrogens with one attached hydrogen (secondary N) is 1. The predicted molar refractivity (Wildman–Crippen MR) is 236 cm³/mol. The molecule has 0 aromatic rings. The summed E-state index contributed by atoms with van der Waals surface area (Å²) < 4.78 is 5.85. The zero-order valence-electron chi connectivity index (χ0n) is 36.6. The largest absolute Gasteiger partial charge is 0.462 e. The van der Waals surface area contributed by atoms with Crippen LogP contribution in [0, 0.1) is 0 Å². The van der Waals surface area contributed by atoms with E-state index in [1.54, 1.807) is 0 Å². The van der Waals surface area contributed by atoms with Gasteiger partial charge in [0.25, 0.3) is 0 Å². The summed E-state index contributed by atoms with van der Waals surface area (Å²) in [7, 11) is 0. The number of hydrogen-bond donors (Lipinski definition) is 3. The van der Waals surface area contributed by atoms with Crippen molar-refractivity contribution in [2.45, 2.75) is 257 Å². The quantitative estimate of drug-likeness (QED) is 0.0326. The molecule has 0 aliphatic rings. The Bertz CT molecular complexity index is 915. The maximum Gasteiger partial charge on any atom is 0.306 e. The highest BCUT2D eigenvalue weighted by Gasteiger charge is 2.23. The third-order valence-corrected chi connectivity index (χ3v) is 10.7. The van der Waals surface area contributed by atoms with Gasteiger partial charge >= 0.3 is 5.97 Å². The molecule has 0 aromatic carbocycles. The van der Waals surface area contributed by atoms with Crippen LogP contribution < -0.4 is 5.32 Å². The highest BCUT2D eigenvalue weighted by atomic mass is 16.5. The van der Waals surface area contributed by atoms with Crippen molar-refractivity contribution in [3.63, 3.8) is 0 Å². The van der Waals surface area contributed by atoms with Gasteiger partial charge < -0.3 is 20.3 Å². The van der Waals surface area contributed by atoms with Gasteiger partial charge in [-0.05, 0) is 64.2 Å². The number of unbranched alkanes of at least 4 members (excludes halogenated alkanes) is 24. The third kappa shape index (κ3) is 38.7. The fraction of sp³-hybridized carbons (Fsp3) is 0.837. The Kier molecular flexibility index (Phi) is 41.7. The van der Waals surface area contributed by atoms with E-state index >= 15 is 0 Å². The first kappa shape index (κ1) is 53.1. The molecule has 1 amide bonds. The smallest absolute Gasteiger partial charge is 0.306 e. The molecule has 3 unspecified atom stereocenters. The highest BCUT2D eigenvalue weighted by Crippen LogP contribution is 2.16. The van der Waals surface area contributed by atoms with Gasteiger partial charge in [-0.15, -0.1) is 0 Å². The van der Waals surface area contributed by atoms with Crippen LogP contribution in [0.4, 0.5) is 0 Å². The summed E-state index contributed by atoms with van der Waals surface area (Å²) in [5.74, 6) is -0.581. The van der Waals surface area contributed by atoms with E-state index in [0.29, 0.717) is 19.3 Å². The van der Waals surface area contributed by atoms with Gasteiger partial charge in [-0.3, -0.25) is 9.59 Å². The Labute approximate surface area is 341 Å². The normalized spacial score (nSPS) is 13.6. The number of esters is 1. The van der Waals surface area contributed by atoms with Crippen LogP contribution in [-0.2, 0) is 14.3 Å². The van der Waals surface area contributed by atoms with Gasteiger partial charge in [-0.25, -0.2) is 0 Å². The molecular formula is C49H91NO5. The van der Waals surface area contributed by atoms with Gasteiger partial charge in [0.2, 0.25) is 5.91 Å². The zero-order chi connectivity index (χ0) is 40.3. The second-order valence-electron chi connectivity index (χ2n) is 16.2. The number of ether oxygens (including phenoxy) is 1. The molecule has 0 bridgehead atoms. The van der Waals surface area contributed by atoms with E-state index in [1.165, 1.54) is 135 Å². The fourth-order valence-corrected chi connectivity index (χ4v) is 7.07. The number of aliphatic hydroxyl groups is 2. The first-order valence-corrected chi connectivity index (χ1v) is 23.7. The molecule has 0 rings (SSSR count). The molecule has 0 aliphatic heterocycles. The van der Waals surface area contributed by atoms with Crippen molar-refractivity contribution in [2.24, 2.45) is 0 Å². The lowest BCUT2D eigenvalue weighted by Gasteiger charge is -2.24. The zero-order valence-corrected chi connectivity index (χ0v) is 36.6. The molecule has 0 heterocycles. The second kappa shape index (κ2) is 43.2. The molecule has 0 radical (unpaired) electrons.